The molecule has 0 amide bonds. The molecule has 0 aliphatic rings. The summed E-state index contributed by atoms with van der Waals surface area (Å²) in [6, 6.07) is 0. The molecule has 0 saturated heterocycles. The highest BCUT2D eigenvalue weighted by molar-refractivity contribution is 7.75. The average molecular weight is 245 g/mol. The second-order valence-electron chi connectivity index (χ2n) is 5.62. The van der Waals surface area contributed by atoms with E-state index in [-0.39, 0.29) is 0 Å². The molecule has 0 N–H and O–H groups in total. The van der Waals surface area contributed by atoms with Crippen LogP contribution in [0.4, 0.5) is 0 Å². The molecule has 0 nitrogen and oxygen atoms in total. The van der Waals surface area contributed by atoms with E-state index in [0.717, 1.165) is 5.66 Å². The fourth-order valence-corrected chi connectivity index (χ4v) is 6.39. The van der Waals surface area contributed by atoms with Gasteiger partial charge in [-0.1, -0.05) is 40.0 Å². The zero-order valence-corrected chi connectivity index (χ0v) is 13.3. The molecule has 0 aromatic rings. The Kier molecular flexibility index (Phi) is 9.71. The summed E-state index contributed by atoms with van der Waals surface area (Å²) in [5.41, 5.74) is 1.02. The van der Waals surface area contributed by atoms with Crippen molar-refractivity contribution in [2.24, 2.45) is 0 Å². The Morgan fingerprint density at radius 1 is 0.812 bits per heavy atom. The molecule has 0 rings (SSSR count). The first-order chi connectivity index (χ1) is 7.60. The van der Waals surface area contributed by atoms with Gasteiger partial charge in [0.25, 0.3) is 0 Å². The van der Waals surface area contributed by atoms with Crippen LogP contribution in [0.1, 0.15) is 72.6 Å². The van der Waals surface area contributed by atoms with Crippen LogP contribution in [0.15, 0.2) is 0 Å². The monoisotopic (exact) mass is 245 g/mol. The van der Waals surface area contributed by atoms with Crippen LogP contribution in [0, 0.1) is 0 Å². The summed E-state index contributed by atoms with van der Waals surface area (Å²) < 4.78 is 0. The highest BCUT2D eigenvalue weighted by Crippen LogP contribution is 2.62. The Hall–Kier alpha value is 0.430. The Morgan fingerprint density at radius 2 is 1.25 bits per heavy atom. The lowest BCUT2D eigenvalue weighted by Crippen LogP contribution is -2.16. The van der Waals surface area contributed by atoms with Crippen molar-refractivity contribution in [1.29, 1.82) is 0 Å². The lowest BCUT2D eigenvalue weighted by Gasteiger charge is -2.29. The first kappa shape index (κ1) is 16.4. The molecule has 0 spiro atoms. The van der Waals surface area contributed by atoms with E-state index < -0.39 is 7.26 Å². The third-order valence-electron chi connectivity index (χ3n) is 4.08. The molecule has 0 aromatic carbocycles. The minimum atomic E-state index is -0.623. The maximum absolute atomic E-state index is 2.65. The van der Waals surface area contributed by atoms with Crippen molar-refractivity contribution in [3.05, 3.63) is 0 Å². The van der Waals surface area contributed by atoms with Crippen molar-refractivity contribution in [2.45, 2.75) is 78.3 Å². The number of unbranched alkanes of at least 4 members (excludes halogenated alkanes) is 3. The maximum atomic E-state index is 2.65. The minimum absolute atomic E-state index is 0.623. The standard InChI is InChI=1S/C15H34P/c1-6-9-12-15(4)16(5,13-10-7-2)14-11-8-3/h15H,6-14H2,1-5H3/q+1. The second-order valence-corrected chi connectivity index (χ2v) is 10.4. The average Bonchev–Trinajstić information content (AvgIpc) is 2.30. The van der Waals surface area contributed by atoms with E-state index in [0.29, 0.717) is 0 Å². The Morgan fingerprint density at radius 3 is 1.62 bits per heavy atom. The Balaban J connectivity index is 4.24. The second kappa shape index (κ2) is 9.46. The predicted octanol–water partition coefficient (Wildman–Crippen LogP) is 5.81. The molecular formula is C15H34P+. The molecule has 0 heterocycles. The largest absolute Gasteiger partial charge is 0.0667 e. The molecule has 0 fully saturated rings. The highest BCUT2D eigenvalue weighted by Gasteiger charge is 2.36. The van der Waals surface area contributed by atoms with E-state index >= 15 is 0 Å². The molecule has 16 heavy (non-hydrogen) atoms. The van der Waals surface area contributed by atoms with Crippen molar-refractivity contribution >= 4 is 7.26 Å². The zero-order valence-electron chi connectivity index (χ0n) is 12.4. The quantitative estimate of drug-likeness (QED) is 0.426. The molecule has 1 atom stereocenters. The Bertz CT molecular complexity index is 146. The summed E-state index contributed by atoms with van der Waals surface area (Å²) in [5, 5.41) is 0. The van der Waals surface area contributed by atoms with Gasteiger partial charge in [0.1, 0.15) is 0 Å². The SMILES string of the molecule is CCCCC(C)[P+](C)(CCCC)CCCC. The lowest BCUT2D eigenvalue weighted by atomic mass is 10.2. The summed E-state index contributed by atoms with van der Waals surface area (Å²) in [5.74, 6) is 0. The van der Waals surface area contributed by atoms with Crippen LogP contribution >= 0.6 is 7.26 Å². The lowest BCUT2D eigenvalue weighted by molar-refractivity contribution is 0.696. The predicted molar refractivity (Wildman–Crippen MR) is 81.4 cm³/mol. The van der Waals surface area contributed by atoms with Crippen LogP contribution in [0.5, 0.6) is 0 Å². The first-order valence-corrected chi connectivity index (χ1v) is 10.1. The van der Waals surface area contributed by atoms with E-state index in [1.165, 1.54) is 44.9 Å². The van der Waals surface area contributed by atoms with Crippen LogP contribution in [0.3, 0.4) is 0 Å². The number of hydrogen-bond acceptors (Lipinski definition) is 0. The molecule has 98 valence electrons. The highest BCUT2D eigenvalue weighted by atomic mass is 31.2. The van der Waals surface area contributed by atoms with Gasteiger partial charge in [-0.3, -0.25) is 0 Å². The summed E-state index contributed by atoms with van der Waals surface area (Å²) in [4.78, 5) is 0. The molecule has 0 aromatic heterocycles. The van der Waals surface area contributed by atoms with Gasteiger partial charge in [-0.15, -0.1) is 0 Å². The van der Waals surface area contributed by atoms with E-state index in [1.54, 1.807) is 12.3 Å². The van der Waals surface area contributed by atoms with Crippen LogP contribution in [0.2, 0.25) is 0 Å². The van der Waals surface area contributed by atoms with E-state index in [9.17, 15) is 0 Å². The van der Waals surface area contributed by atoms with Crippen molar-refractivity contribution < 1.29 is 0 Å². The van der Waals surface area contributed by atoms with Crippen molar-refractivity contribution in [2.75, 3.05) is 19.0 Å². The van der Waals surface area contributed by atoms with Gasteiger partial charge < -0.3 is 0 Å². The van der Waals surface area contributed by atoms with Crippen LogP contribution in [0.25, 0.3) is 0 Å². The van der Waals surface area contributed by atoms with E-state index in [4.69, 9.17) is 0 Å². The number of hydrogen-bond donors (Lipinski definition) is 0. The smallest absolute Gasteiger partial charge is 0.0654 e. The van der Waals surface area contributed by atoms with Crippen molar-refractivity contribution in [1.82, 2.24) is 0 Å². The van der Waals surface area contributed by atoms with Crippen molar-refractivity contribution in [3.63, 3.8) is 0 Å². The van der Waals surface area contributed by atoms with E-state index in [1.807, 2.05) is 0 Å². The topological polar surface area (TPSA) is 0 Å². The molecular weight excluding hydrogens is 211 g/mol. The maximum Gasteiger partial charge on any atom is 0.0667 e. The zero-order chi connectivity index (χ0) is 12.4. The molecule has 0 radical (unpaired) electrons. The third-order valence-corrected chi connectivity index (χ3v) is 9.15. The first-order valence-electron chi connectivity index (χ1n) is 7.44. The molecule has 0 aliphatic carbocycles. The fourth-order valence-electron chi connectivity index (χ4n) is 2.40. The van der Waals surface area contributed by atoms with E-state index in [2.05, 4.69) is 34.4 Å². The molecule has 1 unspecified atom stereocenters. The van der Waals surface area contributed by atoms with Gasteiger partial charge in [-0.2, -0.15) is 0 Å². The van der Waals surface area contributed by atoms with Gasteiger partial charge in [-0.25, -0.2) is 0 Å². The summed E-state index contributed by atoms with van der Waals surface area (Å²) in [7, 11) is -0.623. The van der Waals surface area contributed by atoms with Crippen LogP contribution in [-0.2, 0) is 0 Å². The minimum Gasteiger partial charge on any atom is -0.0654 e. The number of rotatable bonds is 10. The van der Waals surface area contributed by atoms with Gasteiger partial charge in [0, 0.05) is 13.9 Å². The fraction of sp³-hybridized carbons (Fsp3) is 1.00. The van der Waals surface area contributed by atoms with Gasteiger partial charge >= 0.3 is 0 Å². The normalized spacial score (nSPS) is 14.1. The van der Waals surface area contributed by atoms with Crippen LogP contribution < -0.4 is 0 Å². The molecule has 0 saturated carbocycles. The third kappa shape index (κ3) is 6.24. The Labute approximate surface area is 105 Å². The van der Waals surface area contributed by atoms with Crippen molar-refractivity contribution in [3.8, 4) is 0 Å². The molecule has 1 heteroatoms. The molecule has 0 bridgehead atoms. The summed E-state index contributed by atoms with van der Waals surface area (Å²) in [6.45, 7) is 12.2. The van der Waals surface area contributed by atoms with Crippen LogP contribution in [-0.4, -0.2) is 24.6 Å². The molecule has 0 aliphatic heterocycles. The summed E-state index contributed by atoms with van der Waals surface area (Å²) in [6.07, 6.45) is 13.1. The van der Waals surface area contributed by atoms with Gasteiger partial charge in [0.2, 0.25) is 0 Å². The van der Waals surface area contributed by atoms with Gasteiger partial charge in [0.15, 0.2) is 0 Å². The summed E-state index contributed by atoms with van der Waals surface area (Å²) >= 11 is 0. The van der Waals surface area contributed by atoms with Gasteiger partial charge in [-0.05, 0) is 32.6 Å². The van der Waals surface area contributed by atoms with Gasteiger partial charge in [0.05, 0.1) is 18.0 Å².